The van der Waals surface area contributed by atoms with Gasteiger partial charge in [-0.05, 0) is 48.9 Å². The van der Waals surface area contributed by atoms with Gasteiger partial charge < -0.3 is 10.6 Å². The van der Waals surface area contributed by atoms with Crippen LogP contribution in [-0.4, -0.2) is 30.4 Å². The van der Waals surface area contributed by atoms with Gasteiger partial charge in [-0.25, -0.2) is 0 Å². The van der Waals surface area contributed by atoms with Crippen LogP contribution in [0.2, 0.25) is 0 Å². The summed E-state index contributed by atoms with van der Waals surface area (Å²) in [5, 5.41) is 0. The van der Waals surface area contributed by atoms with Gasteiger partial charge in [0.2, 0.25) is 0 Å². The molecule has 128 valence electrons. The van der Waals surface area contributed by atoms with Crippen LogP contribution in [0.25, 0.3) is 0 Å². The zero-order valence-electron chi connectivity index (χ0n) is 13.6. The van der Waals surface area contributed by atoms with Crippen LogP contribution in [-0.2, 0) is 12.8 Å². The Morgan fingerprint density at radius 1 is 1.21 bits per heavy atom. The highest BCUT2D eigenvalue weighted by Gasteiger charge is 2.36. The van der Waals surface area contributed by atoms with Crippen molar-refractivity contribution in [3.8, 4) is 0 Å². The Balaban J connectivity index is 0.00000169. The first kappa shape index (κ1) is 17.5. The molecule has 5 heteroatoms. The lowest BCUT2D eigenvalue weighted by atomic mass is 9.89. The second-order valence-corrected chi connectivity index (χ2v) is 7.77. The summed E-state index contributed by atoms with van der Waals surface area (Å²) in [5.41, 5.74) is 8.68. The first-order valence-corrected chi connectivity index (χ1v) is 9.24. The molecule has 1 amide bonds. The van der Waals surface area contributed by atoms with Crippen LogP contribution in [0, 0.1) is 5.92 Å². The summed E-state index contributed by atoms with van der Waals surface area (Å²) in [6.45, 7) is 2.19. The van der Waals surface area contributed by atoms with E-state index in [-0.39, 0.29) is 18.3 Å². The maximum absolute atomic E-state index is 12.9. The van der Waals surface area contributed by atoms with Crippen molar-refractivity contribution in [1.29, 1.82) is 0 Å². The van der Waals surface area contributed by atoms with E-state index in [0.29, 0.717) is 18.4 Å². The monoisotopic (exact) mass is 362 g/mol. The van der Waals surface area contributed by atoms with E-state index < -0.39 is 0 Å². The van der Waals surface area contributed by atoms with Gasteiger partial charge in [0, 0.05) is 23.9 Å². The van der Waals surface area contributed by atoms with Crippen LogP contribution in [0.5, 0.6) is 0 Å². The number of thiophene rings is 1. The third-order valence-electron chi connectivity index (χ3n) is 5.22. The number of carbonyl (C=O) groups excluding carboxylic acids is 1. The van der Waals surface area contributed by atoms with Gasteiger partial charge in [-0.2, -0.15) is 0 Å². The standard InChI is InChI=1S/C19H22N2OS.ClH/c20-10-15-11-21(12-16(15)13-5-2-1-3-6-13)19(22)18-9-14-7-4-8-17(14)23-18;/h1-3,5-6,9,15-16H,4,7-8,10-12,20H2;1H/t15-,16+;/m1./s1. The van der Waals surface area contributed by atoms with Crippen LogP contribution < -0.4 is 5.73 Å². The minimum Gasteiger partial charge on any atom is -0.337 e. The van der Waals surface area contributed by atoms with E-state index in [1.54, 1.807) is 11.3 Å². The summed E-state index contributed by atoms with van der Waals surface area (Å²) >= 11 is 1.70. The zero-order valence-corrected chi connectivity index (χ0v) is 15.2. The lowest BCUT2D eigenvalue weighted by molar-refractivity contribution is 0.0791. The van der Waals surface area contributed by atoms with Crippen molar-refractivity contribution in [3.05, 3.63) is 57.3 Å². The molecule has 2 N–H and O–H groups in total. The first-order valence-electron chi connectivity index (χ1n) is 8.42. The van der Waals surface area contributed by atoms with E-state index in [4.69, 9.17) is 5.73 Å². The number of fused-ring (bicyclic) bond motifs is 1. The third kappa shape index (κ3) is 3.10. The van der Waals surface area contributed by atoms with Crippen molar-refractivity contribution in [3.63, 3.8) is 0 Å². The molecule has 1 aliphatic carbocycles. The zero-order chi connectivity index (χ0) is 15.8. The van der Waals surface area contributed by atoms with E-state index >= 15 is 0 Å². The fraction of sp³-hybridized carbons (Fsp3) is 0.421. The average Bonchev–Trinajstić information content (AvgIpc) is 3.28. The van der Waals surface area contributed by atoms with Gasteiger partial charge in [-0.3, -0.25) is 4.79 Å². The highest BCUT2D eigenvalue weighted by molar-refractivity contribution is 7.14. The van der Waals surface area contributed by atoms with E-state index in [2.05, 4.69) is 30.3 Å². The van der Waals surface area contributed by atoms with Gasteiger partial charge in [0.15, 0.2) is 0 Å². The number of benzene rings is 1. The van der Waals surface area contributed by atoms with Gasteiger partial charge in [0.25, 0.3) is 5.91 Å². The molecule has 0 radical (unpaired) electrons. The number of hydrogen-bond acceptors (Lipinski definition) is 3. The predicted octanol–water partition coefficient (Wildman–Crippen LogP) is 3.47. The highest BCUT2D eigenvalue weighted by Crippen LogP contribution is 2.35. The predicted molar refractivity (Wildman–Crippen MR) is 101 cm³/mol. The molecule has 2 heterocycles. The Morgan fingerprint density at radius 3 is 2.71 bits per heavy atom. The Morgan fingerprint density at radius 2 is 2.00 bits per heavy atom. The molecule has 0 spiro atoms. The molecule has 0 bridgehead atoms. The van der Waals surface area contributed by atoms with E-state index in [0.717, 1.165) is 30.8 Å². The summed E-state index contributed by atoms with van der Waals surface area (Å²) in [6.07, 6.45) is 3.52. The smallest absolute Gasteiger partial charge is 0.263 e. The highest BCUT2D eigenvalue weighted by atomic mass is 35.5. The van der Waals surface area contributed by atoms with E-state index in [1.807, 2.05) is 11.0 Å². The fourth-order valence-electron chi connectivity index (χ4n) is 3.94. The third-order valence-corrected chi connectivity index (χ3v) is 6.44. The number of aryl methyl sites for hydroxylation is 2. The van der Waals surface area contributed by atoms with Crippen molar-refractivity contribution in [2.75, 3.05) is 19.6 Å². The molecule has 1 aromatic heterocycles. The Bertz CT molecular complexity index is 694. The lowest BCUT2D eigenvalue weighted by Gasteiger charge is -2.16. The molecule has 1 aromatic carbocycles. The van der Waals surface area contributed by atoms with Crippen LogP contribution in [0.3, 0.4) is 0 Å². The van der Waals surface area contributed by atoms with Gasteiger partial charge >= 0.3 is 0 Å². The number of nitrogens with two attached hydrogens (primary N) is 1. The molecular weight excluding hydrogens is 340 g/mol. The maximum atomic E-state index is 12.9. The second-order valence-electron chi connectivity index (χ2n) is 6.64. The molecule has 0 saturated carbocycles. The molecule has 0 unspecified atom stereocenters. The molecule has 2 aliphatic rings. The van der Waals surface area contributed by atoms with Crippen molar-refractivity contribution >= 4 is 29.7 Å². The van der Waals surface area contributed by atoms with E-state index in [1.165, 1.54) is 22.4 Å². The van der Waals surface area contributed by atoms with Gasteiger partial charge in [-0.15, -0.1) is 23.7 Å². The molecule has 3 nitrogen and oxygen atoms in total. The minimum atomic E-state index is 0. The van der Waals surface area contributed by atoms with Crippen LogP contribution >= 0.6 is 23.7 Å². The summed E-state index contributed by atoms with van der Waals surface area (Å²) in [5.74, 6) is 0.909. The maximum Gasteiger partial charge on any atom is 0.263 e. The molecule has 1 aliphatic heterocycles. The molecule has 2 aromatic rings. The average molecular weight is 363 g/mol. The molecule has 24 heavy (non-hydrogen) atoms. The SMILES string of the molecule is Cl.NC[C@@H]1CN(C(=O)c2cc3c(s2)CCC3)C[C@H]1c1ccccc1. The number of nitrogens with zero attached hydrogens (tertiary/aromatic N) is 1. The number of halogens is 1. The Labute approximate surface area is 153 Å². The summed E-state index contributed by atoms with van der Waals surface area (Å²) in [6, 6.07) is 12.6. The minimum absolute atomic E-state index is 0. The molecule has 1 saturated heterocycles. The Hall–Kier alpha value is -1.36. The summed E-state index contributed by atoms with van der Waals surface area (Å²) < 4.78 is 0. The van der Waals surface area contributed by atoms with Gasteiger partial charge in [0.05, 0.1) is 4.88 Å². The number of carbonyl (C=O) groups is 1. The van der Waals surface area contributed by atoms with Gasteiger partial charge in [0.1, 0.15) is 0 Å². The lowest BCUT2D eigenvalue weighted by Crippen LogP contribution is -2.29. The molecule has 4 rings (SSSR count). The number of rotatable bonds is 3. The number of hydrogen-bond donors (Lipinski definition) is 1. The van der Waals surface area contributed by atoms with Crippen molar-refractivity contribution < 1.29 is 4.79 Å². The van der Waals surface area contributed by atoms with Crippen LogP contribution in [0.1, 0.15) is 38.0 Å². The largest absolute Gasteiger partial charge is 0.337 e. The fourth-order valence-corrected chi connectivity index (χ4v) is 5.17. The topological polar surface area (TPSA) is 46.3 Å². The molecular formula is C19H23ClN2OS. The normalized spacial score (nSPS) is 22.3. The first-order chi connectivity index (χ1) is 11.3. The molecule has 1 fully saturated rings. The van der Waals surface area contributed by atoms with Crippen molar-refractivity contribution in [2.45, 2.75) is 25.2 Å². The summed E-state index contributed by atoms with van der Waals surface area (Å²) in [4.78, 5) is 17.2. The Kier molecular flexibility index (Phi) is 5.28. The van der Waals surface area contributed by atoms with Crippen LogP contribution in [0.4, 0.5) is 0 Å². The number of likely N-dealkylation sites (tertiary alicyclic amines) is 1. The van der Waals surface area contributed by atoms with E-state index in [9.17, 15) is 4.79 Å². The van der Waals surface area contributed by atoms with Crippen molar-refractivity contribution in [2.24, 2.45) is 11.7 Å². The van der Waals surface area contributed by atoms with Gasteiger partial charge in [-0.1, -0.05) is 30.3 Å². The number of amides is 1. The summed E-state index contributed by atoms with van der Waals surface area (Å²) in [7, 11) is 0. The van der Waals surface area contributed by atoms with Crippen molar-refractivity contribution in [1.82, 2.24) is 4.90 Å². The second kappa shape index (κ2) is 7.26. The van der Waals surface area contributed by atoms with Crippen LogP contribution in [0.15, 0.2) is 36.4 Å². The quantitative estimate of drug-likeness (QED) is 0.908. The molecule has 2 atom stereocenters.